The zero-order valence-corrected chi connectivity index (χ0v) is 34.2. The van der Waals surface area contributed by atoms with Crippen LogP contribution in [0.4, 0.5) is 5.69 Å². The van der Waals surface area contributed by atoms with Crippen LogP contribution in [-0.4, -0.2) is 66.0 Å². The molecule has 2 aliphatic rings. The van der Waals surface area contributed by atoms with Gasteiger partial charge < -0.3 is 24.4 Å². The van der Waals surface area contributed by atoms with Crippen molar-refractivity contribution in [1.82, 2.24) is 14.7 Å². The second-order valence-corrected chi connectivity index (χ2v) is 20.6. The SMILES string of the molecule is COc1ccc([Si](C)(C)[C@H]2[C@H](CC(=O)N(CCO)Cc3ccccc3)O[C@@]3(C(=O)N(Cc4cccc(-n5ncc6ccccc6c5=O)c4)c4ccccc43)[C@@H]2C)cc1. The number of methoxy groups -OCH3 is 1. The van der Waals surface area contributed by atoms with E-state index in [-0.39, 0.29) is 54.9 Å². The highest BCUT2D eigenvalue weighted by Crippen LogP contribution is 2.60. The molecular weight excluding hydrogens is 745 g/mol. The van der Waals surface area contributed by atoms with E-state index in [0.29, 0.717) is 17.6 Å². The summed E-state index contributed by atoms with van der Waals surface area (Å²) in [5.74, 6) is 0.138. The number of rotatable bonds is 12. The van der Waals surface area contributed by atoms with E-state index < -0.39 is 19.8 Å². The number of ether oxygens (including phenoxy) is 2. The predicted octanol–water partition coefficient (Wildman–Crippen LogP) is 6.57. The zero-order chi connectivity index (χ0) is 40.6. The van der Waals surface area contributed by atoms with Gasteiger partial charge in [-0.2, -0.15) is 9.78 Å². The number of carbonyl (C=O) groups excluding carboxylic acids is 2. The monoisotopic (exact) mass is 792 g/mol. The van der Waals surface area contributed by atoms with Crippen molar-refractivity contribution in [2.75, 3.05) is 25.2 Å². The number of hydrogen-bond acceptors (Lipinski definition) is 7. The fourth-order valence-electron chi connectivity index (χ4n) is 9.39. The zero-order valence-electron chi connectivity index (χ0n) is 33.2. The number of amides is 2. The van der Waals surface area contributed by atoms with Crippen LogP contribution in [0, 0.1) is 5.92 Å². The van der Waals surface area contributed by atoms with Gasteiger partial charge in [-0.3, -0.25) is 14.4 Å². The number of aliphatic hydroxyl groups excluding tert-OH is 1. The van der Waals surface area contributed by atoms with Crippen molar-refractivity contribution in [3.63, 3.8) is 0 Å². The van der Waals surface area contributed by atoms with Gasteiger partial charge in [0, 0.05) is 30.0 Å². The number of para-hydroxylation sites is 1. The Morgan fingerprint density at radius 1 is 0.897 bits per heavy atom. The minimum Gasteiger partial charge on any atom is -0.497 e. The van der Waals surface area contributed by atoms with Gasteiger partial charge in [-0.05, 0) is 53.1 Å². The molecule has 0 unspecified atom stereocenters. The van der Waals surface area contributed by atoms with E-state index in [4.69, 9.17) is 9.47 Å². The molecule has 0 saturated carbocycles. The van der Waals surface area contributed by atoms with Crippen LogP contribution < -0.4 is 20.4 Å². The third-order valence-corrected chi connectivity index (χ3v) is 16.6. The number of fused-ring (bicyclic) bond motifs is 3. The fraction of sp³-hybridized carbons (Fsp3) is 0.277. The summed E-state index contributed by atoms with van der Waals surface area (Å²) >= 11 is 0. The highest BCUT2D eigenvalue weighted by atomic mass is 28.3. The van der Waals surface area contributed by atoms with E-state index >= 15 is 4.79 Å². The van der Waals surface area contributed by atoms with Crippen molar-refractivity contribution in [3.05, 3.63) is 161 Å². The summed E-state index contributed by atoms with van der Waals surface area (Å²) in [5.41, 5.74) is 2.21. The molecule has 11 heteroatoms. The first-order valence-electron chi connectivity index (χ1n) is 19.8. The lowest BCUT2D eigenvalue weighted by atomic mass is 9.82. The average Bonchev–Trinajstić information content (AvgIpc) is 3.67. The van der Waals surface area contributed by atoms with Gasteiger partial charge in [0.2, 0.25) is 5.91 Å². The maximum absolute atomic E-state index is 15.4. The van der Waals surface area contributed by atoms with Crippen LogP contribution in [0.1, 0.15) is 30.0 Å². The number of aliphatic hydroxyl groups is 1. The Morgan fingerprint density at radius 3 is 2.36 bits per heavy atom. The summed E-state index contributed by atoms with van der Waals surface area (Å²) in [6.45, 7) is 7.30. The Labute approximate surface area is 339 Å². The molecule has 2 aliphatic heterocycles. The van der Waals surface area contributed by atoms with Crippen LogP contribution in [0.5, 0.6) is 5.75 Å². The molecule has 4 atom stereocenters. The Kier molecular flexibility index (Phi) is 10.6. The van der Waals surface area contributed by atoms with Gasteiger partial charge >= 0.3 is 0 Å². The normalized spacial score (nSPS) is 20.1. The number of carbonyl (C=O) groups is 2. The molecule has 1 N–H and O–H groups in total. The number of nitrogens with zero attached hydrogens (tertiary/aromatic N) is 4. The molecule has 3 heterocycles. The number of benzene rings is 5. The summed E-state index contributed by atoms with van der Waals surface area (Å²) in [4.78, 5) is 46.7. The van der Waals surface area contributed by atoms with E-state index in [1.165, 1.54) is 9.87 Å². The second-order valence-electron chi connectivity index (χ2n) is 15.9. The van der Waals surface area contributed by atoms with E-state index in [2.05, 4.69) is 37.2 Å². The number of anilines is 1. The molecule has 0 bridgehead atoms. The van der Waals surface area contributed by atoms with Crippen LogP contribution in [0.25, 0.3) is 16.5 Å². The maximum Gasteiger partial charge on any atom is 0.279 e. The van der Waals surface area contributed by atoms with Gasteiger partial charge in [0.15, 0.2) is 5.60 Å². The molecular formula is C47H48N4O6Si. The summed E-state index contributed by atoms with van der Waals surface area (Å²) < 4.78 is 14.1. The lowest BCUT2D eigenvalue weighted by Gasteiger charge is -2.37. The quantitative estimate of drug-likeness (QED) is 0.140. The molecule has 2 amide bonds. The molecule has 10 nitrogen and oxygen atoms in total. The average molecular weight is 793 g/mol. The summed E-state index contributed by atoms with van der Waals surface area (Å²) in [6.07, 6.45) is 1.15. The Balaban J connectivity index is 1.16. The minimum absolute atomic E-state index is 0.0567. The molecule has 296 valence electrons. The Hall–Kier alpha value is -5.88. The summed E-state index contributed by atoms with van der Waals surface area (Å²) in [5, 5.41) is 17.0. The minimum atomic E-state index is -2.52. The summed E-state index contributed by atoms with van der Waals surface area (Å²) in [6, 6.07) is 40.6. The van der Waals surface area contributed by atoms with Crippen LogP contribution in [0.2, 0.25) is 18.6 Å². The Morgan fingerprint density at radius 2 is 1.60 bits per heavy atom. The second kappa shape index (κ2) is 15.8. The highest BCUT2D eigenvalue weighted by molar-refractivity contribution is 6.91. The predicted molar refractivity (Wildman–Crippen MR) is 228 cm³/mol. The van der Waals surface area contributed by atoms with E-state index in [0.717, 1.165) is 33.5 Å². The van der Waals surface area contributed by atoms with Gasteiger partial charge in [-0.1, -0.05) is 116 Å². The topological polar surface area (TPSA) is 114 Å². The van der Waals surface area contributed by atoms with Crippen LogP contribution in [0.15, 0.2) is 138 Å². The maximum atomic E-state index is 15.4. The lowest BCUT2D eigenvalue weighted by molar-refractivity contribution is -0.150. The largest absolute Gasteiger partial charge is 0.497 e. The van der Waals surface area contributed by atoms with Crippen molar-refractivity contribution in [1.29, 1.82) is 0 Å². The van der Waals surface area contributed by atoms with Crippen molar-refractivity contribution >= 4 is 41.5 Å². The van der Waals surface area contributed by atoms with Crippen LogP contribution in [-0.2, 0) is 33.0 Å². The number of hydrogen-bond donors (Lipinski definition) is 1. The van der Waals surface area contributed by atoms with Crippen molar-refractivity contribution in [2.45, 2.75) is 56.8 Å². The van der Waals surface area contributed by atoms with E-state index in [9.17, 15) is 14.7 Å². The smallest absolute Gasteiger partial charge is 0.279 e. The molecule has 0 aliphatic carbocycles. The lowest BCUT2D eigenvalue weighted by Crippen LogP contribution is -2.52. The molecule has 5 aromatic carbocycles. The van der Waals surface area contributed by atoms with Gasteiger partial charge in [0.05, 0.1) is 63.8 Å². The Bertz CT molecular complexity index is 2530. The third kappa shape index (κ3) is 6.82. The first kappa shape index (κ1) is 39.0. The molecule has 8 rings (SSSR count). The molecule has 1 spiro atoms. The van der Waals surface area contributed by atoms with Gasteiger partial charge in [0.1, 0.15) is 5.75 Å². The van der Waals surface area contributed by atoms with Crippen LogP contribution in [0.3, 0.4) is 0 Å². The first-order chi connectivity index (χ1) is 28.1. The fourth-order valence-corrected chi connectivity index (χ4v) is 13.4. The van der Waals surface area contributed by atoms with Crippen LogP contribution >= 0.6 is 0 Å². The molecule has 58 heavy (non-hydrogen) atoms. The third-order valence-electron chi connectivity index (χ3n) is 12.2. The standard InChI is InChI=1S/C47H48N4O6Si/c1-32-44(58(3,4)38-23-21-37(56-2)22-24-38)42(28-43(53)49(25-26-52)30-33-13-6-5-7-14-33)57-47(32)40-19-10-11-20-41(40)50(46(47)55)31-34-15-12-17-36(27-34)51-45(54)39-18-9-8-16-35(39)29-48-51/h5-24,27,29,32,42,44,52H,25-26,28,30-31H2,1-4H3/t32-,42+,44-,47+/m1/s1. The molecule has 0 radical (unpaired) electrons. The van der Waals surface area contributed by atoms with E-state index in [1.54, 1.807) is 29.2 Å². The first-order valence-corrected chi connectivity index (χ1v) is 22.9. The van der Waals surface area contributed by atoms with E-state index in [1.807, 2.05) is 109 Å². The van der Waals surface area contributed by atoms with Crippen molar-refractivity contribution in [2.24, 2.45) is 5.92 Å². The van der Waals surface area contributed by atoms with Crippen molar-refractivity contribution < 1.29 is 24.2 Å². The molecule has 6 aromatic rings. The number of aromatic nitrogens is 2. The molecule has 1 fully saturated rings. The van der Waals surface area contributed by atoms with Gasteiger partial charge in [-0.25, -0.2) is 0 Å². The van der Waals surface area contributed by atoms with Gasteiger partial charge in [0.25, 0.3) is 11.5 Å². The molecule has 1 saturated heterocycles. The van der Waals surface area contributed by atoms with Crippen molar-refractivity contribution in [3.8, 4) is 11.4 Å². The summed E-state index contributed by atoms with van der Waals surface area (Å²) in [7, 11) is -0.876. The molecule has 1 aromatic heterocycles. The highest BCUT2D eigenvalue weighted by Gasteiger charge is 2.66. The van der Waals surface area contributed by atoms with Gasteiger partial charge in [-0.15, -0.1) is 0 Å².